The van der Waals surface area contributed by atoms with Crippen molar-refractivity contribution in [3.8, 4) is 5.75 Å². The van der Waals surface area contributed by atoms with Gasteiger partial charge in [-0.25, -0.2) is 0 Å². The van der Waals surface area contributed by atoms with E-state index in [0.29, 0.717) is 30.6 Å². The summed E-state index contributed by atoms with van der Waals surface area (Å²) >= 11 is 0. The van der Waals surface area contributed by atoms with Crippen molar-refractivity contribution >= 4 is 17.5 Å². The molecule has 0 aliphatic carbocycles. The predicted octanol–water partition coefficient (Wildman–Crippen LogP) is 1.65. The van der Waals surface area contributed by atoms with Crippen molar-refractivity contribution in [2.24, 2.45) is 11.8 Å². The second-order valence-corrected chi connectivity index (χ2v) is 7.60. The molecule has 1 aromatic carbocycles. The van der Waals surface area contributed by atoms with Crippen LogP contribution in [0.1, 0.15) is 26.2 Å². The van der Waals surface area contributed by atoms with Gasteiger partial charge < -0.3 is 19.9 Å². The van der Waals surface area contributed by atoms with Crippen molar-refractivity contribution in [1.29, 1.82) is 0 Å². The minimum absolute atomic E-state index is 0.0760. The Morgan fingerprint density at radius 2 is 1.88 bits per heavy atom. The zero-order valence-corrected chi connectivity index (χ0v) is 15.3. The van der Waals surface area contributed by atoms with Crippen LogP contribution in [0.2, 0.25) is 0 Å². The lowest BCUT2D eigenvalue weighted by Crippen LogP contribution is -2.46. The van der Waals surface area contributed by atoms with Gasteiger partial charge in [-0.1, -0.05) is 12.1 Å². The number of benzene rings is 1. The van der Waals surface area contributed by atoms with Crippen LogP contribution in [0.25, 0.3) is 0 Å². The molecule has 3 aliphatic rings. The molecule has 2 saturated heterocycles. The van der Waals surface area contributed by atoms with Gasteiger partial charge in [0, 0.05) is 26.1 Å². The number of hydrogen-bond acceptors (Lipinski definition) is 4. The Hall–Kier alpha value is -2.08. The van der Waals surface area contributed by atoms with E-state index in [2.05, 4.69) is 5.32 Å². The molecule has 3 heterocycles. The van der Waals surface area contributed by atoms with E-state index >= 15 is 0 Å². The Morgan fingerprint density at radius 1 is 1.19 bits per heavy atom. The molecule has 1 aromatic rings. The molecule has 0 saturated carbocycles. The summed E-state index contributed by atoms with van der Waals surface area (Å²) in [5.74, 6) is 2.21. The summed E-state index contributed by atoms with van der Waals surface area (Å²) in [5.41, 5.74) is 0.764. The lowest BCUT2D eigenvalue weighted by molar-refractivity contribution is -0.131. The van der Waals surface area contributed by atoms with E-state index in [4.69, 9.17) is 4.74 Å². The number of ether oxygens (including phenoxy) is 1. The molecular weight excluding hydrogens is 330 g/mol. The minimum Gasteiger partial charge on any atom is -0.479 e. The van der Waals surface area contributed by atoms with E-state index in [1.165, 1.54) is 0 Å². The molecule has 3 aliphatic heterocycles. The van der Waals surface area contributed by atoms with Crippen LogP contribution in [0.15, 0.2) is 24.3 Å². The van der Waals surface area contributed by atoms with Crippen LogP contribution >= 0.6 is 0 Å². The van der Waals surface area contributed by atoms with E-state index in [9.17, 15) is 9.59 Å². The van der Waals surface area contributed by atoms with Crippen LogP contribution in [0.5, 0.6) is 5.75 Å². The maximum Gasteiger partial charge on any atom is 0.267 e. The van der Waals surface area contributed by atoms with Crippen molar-refractivity contribution in [1.82, 2.24) is 10.2 Å². The summed E-state index contributed by atoms with van der Waals surface area (Å²) in [4.78, 5) is 29.0. The van der Waals surface area contributed by atoms with E-state index in [-0.39, 0.29) is 11.8 Å². The molecule has 3 atom stereocenters. The maximum atomic E-state index is 12.8. The Labute approximate surface area is 154 Å². The first-order valence-corrected chi connectivity index (χ1v) is 9.69. The van der Waals surface area contributed by atoms with Gasteiger partial charge in [0.1, 0.15) is 5.75 Å². The van der Waals surface area contributed by atoms with Gasteiger partial charge >= 0.3 is 0 Å². The van der Waals surface area contributed by atoms with E-state index in [1.54, 1.807) is 11.8 Å². The number of fused-ring (bicyclic) bond motifs is 2. The zero-order valence-electron chi connectivity index (χ0n) is 15.3. The van der Waals surface area contributed by atoms with Gasteiger partial charge in [0.25, 0.3) is 5.91 Å². The highest BCUT2D eigenvalue weighted by Crippen LogP contribution is 2.34. The standard InChI is InChI=1S/C20H27N3O3/c1-14-20(25)23(17-4-2-3-5-18(17)26-14)11-8-19(24)22-9-6-15-12-21-13-16(15)7-10-22/h2-5,14-16,21H,6-13H2,1H3/t14?,15-,16+. The summed E-state index contributed by atoms with van der Waals surface area (Å²) in [6.07, 6.45) is 2.02. The highest BCUT2D eigenvalue weighted by Gasteiger charge is 2.33. The number of amides is 2. The molecule has 1 N–H and O–H groups in total. The number of carbonyl (C=O) groups excluding carboxylic acids is 2. The van der Waals surface area contributed by atoms with Gasteiger partial charge in [-0.2, -0.15) is 0 Å². The first-order valence-electron chi connectivity index (χ1n) is 9.69. The fourth-order valence-corrected chi connectivity index (χ4v) is 4.42. The molecule has 140 valence electrons. The lowest BCUT2D eigenvalue weighted by atomic mass is 9.92. The molecule has 6 heteroatoms. The van der Waals surface area contributed by atoms with Gasteiger partial charge in [0.2, 0.25) is 5.91 Å². The van der Waals surface area contributed by atoms with Crippen LogP contribution < -0.4 is 15.0 Å². The zero-order chi connectivity index (χ0) is 18.1. The van der Waals surface area contributed by atoms with Crippen LogP contribution in [0, 0.1) is 11.8 Å². The monoisotopic (exact) mass is 357 g/mol. The fourth-order valence-electron chi connectivity index (χ4n) is 4.42. The second-order valence-electron chi connectivity index (χ2n) is 7.60. The normalized spacial score (nSPS) is 28.2. The number of carbonyl (C=O) groups is 2. The van der Waals surface area contributed by atoms with E-state index < -0.39 is 6.10 Å². The molecule has 0 spiro atoms. The lowest BCUT2D eigenvalue weighted by Gasteiger charge is -2.33. The quantitative estimate of drug-likeness (QED) is 0.894. The molecular formula is C20H27N3O3. The Morgan fingerprint density at radius 3 is 2.62 bits per heavy atom. The first-order chi connectivity index (χ1) is 12.6. The van der Waals surface area contributed by atoms with Gasteiger partial charge in [0.15, 0.2) is 6.10 Å². The van der Waals surface area contributed by atoms with Crippen molar-refractivity contribution in [2.45, 2.75) is 32.3 Å². The summed E-state index contributed by atoms with van der Waals surface area (Å²) in [7, 11) is 0. The number of nitrogens with one attached hydrogen (secondary N) is 1. The smallest absolute Gasteiger partial charge is 0.267 e. The van der Waals surface area contributed by atoms with Crippen molar-refractivity contribution in [3.05, 3.63) is 24.3 Å². The Kier molecular flexibility index (Phi) is 4.85. The molecule has 0 aromatic heterocycles. The second kappa shape index (κ2) is 7.27. The Bertz CT molecular complexity index is 679. The number of para-hydroxylation sites is 2. The van der Waals surface area contributed by atoms with Gasteiger partial charge in [-0.3, -0.25) is 9.59 Å². The van der Waals surface area contributed by atoms with E-state index in [1.807, 2.05) is 29.2 Å². The number of hydrogen-bond donors (Lipinski definition) is 1. The van der Waals surface area contributed by atoms with Gasteiger partial charge in [-0.05, 0) is 56.8 Å². The molecule has 4 rings (SSSR count). The third kappa shape index (κ3) is 3.30. The highest BCUT2D eigenvalue weighted by molar-refractivity contribution is 6.00. The molecule has 0 bridgehead atoms. The predicted molar refractivity (Wildman–Crippen MR) is 99.2 cm³/mol. The van der Waals surface area contributed by atoms with Gasteiger partial charge in [-0.15, -0.1) is 0 Å². The molecule has 26 heavy (non-hydrogen) atoms. The number of likely N-dealkylation sites (tertiary alicyclic amines) is 1. The number of anilines is 1. The molecule has 0 radical (unpaired) electrons. The average Bonchev–Trinajstić information content (AvgIpc) is 3.00. The number of nitrogens with zero attached hydrogens (tertiary/aromatic N) is 2. The van der Waals surface area contributed by atoms with Crippen molar-refractivity contribution in [2.75, 3.05) is 37.6 Å². The summed E-state index contributed by atoms with van der Waals surface area (Å²) in [6.45, 7) is 6.02. The largest absolute Gasteiger partial charge is 0.479 e. The first kappa shape index (κ1) is 17.3. The van der Waals surface area contributed by atoms with E-state index in [0.717, 1.165) is 44.7 Å². The summed E-state index contributed by atoms with van der Waals surface area (Å²) in [6, 6.07) is 7.54. The average molecular weight is 357 g/mol. The van der Waals surface area contributed by atoms with Crippen LogP contribution in [-0.4, -0.2) is 55.5 Å². The third-order valence-electron chi connectivity index (χ3n) is 5.99. The maximum absolute atomic E-state index is 12.8. The third-order valence-corrected chi connectivity index (χ3v) is 5.99. The molecule has 6 nitrogen and oxygen atoms in total. The fraction of sp³-hybridized carbons (Fsp3) is 0.600. The highest BCUT2D eigenvalue weighted by atomic mass is 16.5. The topological polar surface area (TPSA) is 61.9 Å². The van der Waals surface area contributed by atoms with Crippen LogP contribution in [0.3, 0.4) is 0 Å². The molecule has 1 unspecified atom stereocenters. The SMILES string of the molecule is CC1Oc2ccccc2N(CCC(=O)N2CC[C@@H]3CNC[C@@H]3CC2)C1=O. The Balaban J connectivity index is 1.39. The van der Waals surface area contributed by atoms with Crippen molar-refractivity contribution in [3.63, 3.8) is 0 Å². The minimum atomic E-state index is -0.509. The van der Waals surface area contributed by atoms with Crippen LogP contribution in [-0.2, 0) is 9.59 Å². The van der Waals surface area contributed by atoms with Crippen LogP contribution in [0.4, 0.5) is 5.69 Å². The molecule has 2 fully saturated rings. The summed E-state index contributed by atoms with van der Waals surface area (Å²) in [5, 5.41) is 3.46. The van der Waals surface area contributed by atoms with Crippen molar-refractivity contribution < 1.29 is 14.3 Å². The molecule has 2 amide bonds. The number of rotatable bonds is 3. The summed E-state index contributed by atoms with van der Waals surface area (Å²) < 4.78 is 5.66. The van der Waals surface area contributed by atoms with Gasteiger partial charge in [0.05, 0.1) is 5.69 Å².